The summed E-state index contributed by atoms with van der Waals surface area (Å²) in [4.78, 5) is 11.7. The molecule has 25 heavy (non-hydrogen) atoms. The molecule has 2 atom stereocenters. The maximum absolute atomic E-state index is 11.7. The zero-order chi connectivity index (χ0) is 17.5. The second-order valence-corrected chi connectivity index (χ2v) is 6.64. The first kappa shape index (κ1) is 17.6. The van der Waals surface area contributed by atoms with Gasteiger partial charge in [0.1, 0.15) is 0 Å². The summed E-state index contributed by atoms with van der Waals surface area (Å²) in [6.45, 7) is 3.09. The molecule has 1 aliphatic rings. The highest BCUT2D eigenvalue weighted by Crippen LogP contribution is 2.36. The molecular weight excluding hydrogens is 314 g/mol. The van der Waals surface area contributed by atoms with Crippen molar-refractivity contribution in [2.75, 3.05) is 6.61 Å². The van der Waals surface area contributed by atoms with Gasteiger partial charge in [-0.25, -0.2) is 0 Å². The van der Waals surface area contributed by atoms with E-state index in [2.05, 4.69) is 5.32 Å². The molecule has 4 heteroatoms. The third-order valence-electron chi connectivity index (χ3n) is 4.66. The molecule has 0 bridgehead atoms. The van der Waals surface area contributed by atoms with E-state index in [9.17, 15) is 4.79 Å². The van der Waals surface area contributed by atoms with Crippen LogP contribution in [0.15, 0.2) is 60.7 Å². The number of hydrogen-bond donors (Lipinski definition) is 1. The van der Waals surface area contributed by atoms with Crippen molar-refractivity contribution in [3.8, 4) is 0 Å². The van der Waals surface area contributed by atoms with E-state index in [1.54, 1.807) is 6.92 Å². The minimum atomic E-state index is -0.421. The SMILES string of the molecule is CC(=O)N[C@]1(COCc2ccccc2)CC[C@H]1OCc1ccccc1. The fourth-order valence-corrected chi connectivity index (χ4v) is 3.24. The number of nitrogens with one attached hydrogen (secondary N) is 1. The van der Waals surface area contributed by atoms with Crippen molar-refractivity contribution in [3.63, 3.8) is 0 Å². The lowest BCUT2D eigenvalue weighted by molar-refractivity contribution is -0.141. The number of rotatable bonds is 8. The van der Waals surface area contributed by atoms with Crippen molar-refractivity contribution in [2.24, 2.45) is 0 Å². The monoisotopic (exact) mass is 339 g/mol. The van der Waals surface area contributed by atoms with Crippen LogP contribution in [0.25, 0.3) is 0 Å². The van der Waals surface area contributed by atoms with Gasteiger partial charge in [-0.3, -0.25) is 4.79 Å². The van der Waals surface area contributed by atoms with Crippen molar-refractivity contribution in [3.05, 3.63) is 71.8 Å². The maximum Gasteiger partial charge on any atom is 0.217 e. The number of ether oxygens (including phenoxy) is 2. The Bertz CT molecular complexity index is 674. The molecule has 4 nitrogen and oxygen atoms in total. The minimum absolute atomic E-state index is 0.0209. The molecule has 0 unspecified atom stereocenters. The summed E-state index contributed by atoms with van der Waals surface area (Å²) in [6, 6.07) is 20.1. The lowest BCUT2D eigenvalue weighted by Crippen LogP contribution is -2.66. The Labute approximate surface area is 149 Å². The second-order valence-electron chi connectivity index (χ2n) is 6.64. The van der Waals surface area contributed by atoms with Gasteiger partial charge in [0.2, 0.25) is 5.91 Å². The second kappa shape index (κ2) is 8.28. The van der Waals surface area contributed by atoms with Gasteiger partial charge in [-0.15, -0.1) is 0 Å². The lowest BCUT2D eigenvalue weighted by Gasteiger charge is -2.49. The number of carbonyl (C=O) groups is 1. The van der Waals surface area contributed by atoms with Gasteiger partial charge in [0.25, 0.3) is 0 Å². The van der Waals surface area contributed by atoms with E-state index in [1.807, 2.05) is 60.7 Å². The Morgan fingerprint density at radius 1 is 1.04 bits per heavy atom. The number of amides is 1. The van der Waals surface area contributed by atoms with Gasteiger partial charge in [-0.2, -0.15) is 0 Å². The first-order valence-electron chi connectivity index (χ1n) is 8.74. The predicted octanol–water partition coefficient (Wildman–Crippen LogP) is 3.46. The van der Waals surface area contributed by atoms with Crippen LogP contribution in [0.4, 0.5) is 0 Å². The fourth-order valence-electron chi connectivity index (χ4n) is 3.24. The van der Waals surface area contributed by atoms with Crippen LogP contribution >= 0.6 is 0 Å². The molecule has 1 saturated carbocycles. The van der Waals surface area contributed by atoms with Crippen LogP contribution in [-0.4, -0.2) is 24.2 Å². The van der Waals surface area contributed by atoms with Crippen LogP contribution < -0.4 is 5.32 Å². The average Bonchev–Trinajstić information content (AvgIpc) is 2.61. The molecule has 1 fully saturated rings. The first-order chi connectivity index (χ1) is 12.2. The highest BCUT2D eigenvalue weighted by molar-refractivity contribution is 5.74. The summed E-state index contributed by atoms with van der Waals surface area (Å²) in [5.74, 6) is -0.0451. The van der Waals surface area contributed by atoms with Crippen molar-refractivity contribution in [2.45, 2.75) is 44.6 Å². The molecule has 0 heterocycles. The van der Waals surface area contributed by atoms with Gasteiger partial charge >= 0.3 is 0 Å². The van der Waals surface area contributed by atoms with E-state index in [4.69, 9.17) is 9.47 Å². The molecule has 0 aromatic heterocycles. The van der Waals surface area contributed by atoms with Crippen LogP contribution in [0, 0.1) is 0 Å². The largest absolute Gasteiger partial charge is 0.374 e. The number of hydrogen-bond acceptors (Lipinski definition) is 3. The molecule has 0 aliphatic heterocycles. The Morgan fingerprint density at radius 2 is 1.64 bits per heavy atom. The van der Waals surface area contributed by atoms with Gasteiger partial charge < -0.3 is 14.8 Å². The molecular formula is C21H25NO3. The highest BCUT2D eigenvalue weighted by Gasteiger charge is 2.48. The Hall–Kier alpha value is -2.17. The molecule has 2 aromatic rings. The first-order valence-corrected chi connectivity index (χ1v) is 8.74. The molecule has 3 rings (SSSR count). The number of benzene rings is 2. The van der Waals surface area contributed by atoms with Gasteiger partial charge in [-0.05, 0) is 24.0 Å². The zero-order valence-corrected chi connectivity index (χ0v) is 14.6. The molecule has 0 spiro atoms. The van der Waals surface area contributed by atoms with Crippen LogP contribution in [-0.2, 0) is 27.5 Å². The Balaban J connectivity index is 1.57. The topological polar surface area (TPSA) is 47.6 Å². The molecule has 0 radical (unpaired) electrons. The molecule has 1 N–H and O–H groups in total. The van der Waals surface area contributed by atoms with E-state index < -0.39 is 5.54 Å². The molecule has 132 valence electrons. The van der Waals surface area contributed by atoms with Gasteiger partial charge in [0.05, 0.1) is 31.5 Å². The normalized spacial score (nSPS) is 22.2. The fraction of sp³-hybridized carbons (Fsp3) is 0.381. The van der Waals surface area contributed by atoms with E-state index in [-0.39, 0.29) is 12.0 Å². The van der Waals surface area contributed by atoms with E-state index in [0.29, 0.717) is 19.8 Å². The standard InChI is InChI=1S/C21H25NO3/c1-17(23)22-21(16-24-14-18-8-4-2-5-9-18)13-12-20(21)25-15-19-10-6-3-7-11-19/h2-11,20H,12-16H2,1H3,(H,22,23)/t20-,21+/m1/s1. The average molecular weight is 339 g/mol. The Kier molecular flexibility index (Phi) is 5.84. The summed E-state index contributed by atoms with van der Waals surface area (Å²) in [6.07, 6.45) is 1.79. The van der Waals surface area contributed by atoms with E-state index >= 15 is 0 Å². The maximum atomic E-state index is 11.7. The van der Waals surface area contributed by atoms with Crippen LogP contribution in [0.1, 0.15) is 30.9 Å². The third kappa shape index (κ3) is 4.68. The summed E-state index contributed by atoms with van der Waals surface area (Å²) < 4.78 is 12.0. The summed E-state index contributed by atoms with van der Waals surface area (Å²) in [7, 11) is 0. The van der Waals surface area contributed by atoms with Crippen molar-refractivity contribution in [1.29, 1.82) is 0 Å². The lowest BCUT2D eigenvalue weighted by atomic mass is 9.74. The minimum Gasteiger partial charge on any atom is -0.374 e. The van der Waals surface area contributed by atoms with Crippen LogP contribution in [0.5, 0.6) is 0 Å². The van der Waals surface area contributed by atoms with E-state index in [0.717, 1.165) is 24.0 Å². The Morgan fingerprint density at radius 3 is 2.16 bits per heavy atom. The van der Waals surface area contributed by atoms with Crippen LogP contribution in [0.2, 0.25) is 0 Å². The highest BCUT2D eigenvalue weighted by atomic mass is 16.5. The van der Waals surface area contributed by atoms with Crippen molar-refractivity contribution >= 4 is 5.91 Å². The smallest absolute Gasteiger partial charge is 0.217 e. The van der Waals surface area contributed by atoms with E-state index in [1.165, 1.54) is 0 Å². The molecule has 1 aliphatic carbocycles. The van der Waals surface area contributed by atoms with Crippen LogP contribution in [0.3, 0.4) is 0 Å². The quantitative estimate of drug-likeness (QED) is 0.801. The zero-order valence-electron chi connectivity index (χ0n) is 14.6. The predicted molar refractivity (Wildman–Crippen MR) is 96.9 cm³/mol. The van der Waals surface area contributed by atoms with Crippen molar-refractivity contribution in [1.82, 2.24) is 5.32 Å². The number of carbonyl (C=O) groups excluding carboxylic acids is 1. The third-order valence-corrected chi connectivity index (χ3v) is 4.66. The molecule has 2 aromatic carbocycles. The van der Waals surface area contributed by atoms with Gasteiger partial charge in [0, 0.05) is 6.92 Å². The van der Waals surface area contributed by atoms with Gasteiger partial charge in [-0.1, -0.05) is 60.7 Å². The summed E-state index contributed by atoms with van der Waals surface area (Å²) in [5, 5.41) is 3.08. The summed E-state index contributed by atoms with van der Waals surface area (Å²) in [5.41, 5.74) is 1.84. The van der Waals surface area contributed by atoms with Crippen molar-refractivity contribution < 1.29 is 14.3 Å². The molecule has 0 saturated heterocycles. The summed E-state index contributed by atoms with van der Waals surface area (Å²) >= 11 is 0. The van der Waals surface area contributed by atoms with Gasteiger partial charge in [0.15, 0.2) is 0 Å². The molecule has 1 amide bonds.